The molecule has 0 radical (unpaired) electrons. The van der Waals surface area contributed by atoms with Crippen LogP contribution in [0.2, 0.25) is 10.0 Å². The fraction of sp³-hybridized carbons (Fsp3) is 0.136. The van der Waals surface area contributed by atoms with Crippen molar-refractivity contribution in [2.75, 3.05) is 0 Å². The van der Waals surface area contributed by atoms with Gasteiger partial charge in [-0.2, -0.15) is 0 Å². The van der Waals surface area contributed by atoms with Gasteiger partial charge in [0.25, 0.3) is 0 Å². The number of benzene rings is 3. The number of Topliss-reactive ketones (excluding diaryl/α,β-unsaturated/α-hetero) is 1. The van der Waals surface area contributed by atoms with Crippen molar-refractivity contribution in [3.05, 3.63) is 99.3 Å². The zero-order valence-electron chi connectivity index (χ0n) is 15.2. The van der Waals surface area contributed by atoms with Crippen LogP contribution in [0.5, 0.6) is 0 Å². The number of hydrogen-bond donors (Lipinski definition) is 0. The monoisotopic (exact) mass is 450 g/mol. The van der Waals surface area contributed by atoms with Crippen LogP contribution in [0.3, 0.4) is 0 Å². The average Bonchev–Trinajstić information content (AvgIpc) is 2.66. The highest BCUT2D eigenvalue weighted by Crippen LogP contribution is 2.23. The van der Waals surface area contributed by atoms with E-state index >= 15 is 0 Å². The molecule has 0 aliphatic heterocycles. The molecule has 0 fully saturated rings. The van der Waals surface area contributed by atoms with Gasteiger partial charge in [0.2, 0.25) is 0 Å². The third kappa shape index (κ3) is 5.66. The Bertz CT molecular complexity index is 1140. The highest BCUT2D eigenvalue weighted by molar-refractivity contribution is 7.90. The number of hydrogen-bond acceptors (Lipinski definition) is 3. The van der Waals surface area contributed by atoms with Crippen LogP contribution in [0.1, 0.15) is 16.7 Å². The van der Waals surface area contributed by atoms with Crippen molar-refractivity contribution in [3.63, 3.8) is 0 Å². The molecule has 3 aromatic rings. The number of ketones is 1. The molecule has 3 rings (SSSR count). The van der Waals surface area contributed by atoms with Gasteiger partial charge in [0.05, 0.1) is 10.6 Å². The maximum Gasteiger partial charge on any atom is 0.182 e. The molecule has 0 saturated heterocycles. The van der Waals surface area contributed by atoms with Gasteiger partial charge in [0, 0.05) is 22.9 Å². The molecular formula is C22H17Cl2FO3S. The molecule has 0 aromatic heterocycles. The van der Waals surface area contributed by atoms with Gasteiger partial charge < -0.3 is 0 Å². The minimum atomic E-state index is -3.67. The van der Waals surface area contributed by atoms with Crippen LogP contribution in [0.15, 0.2) is 71.6 Å². The van der Waals surface area contributed by atoms with E-state index in [9.17, 15) is 17.6 Å². The Morgan fingerprint density at radius 1 is 0.828 bits per heavy atom. The molecule has 0 aliphatic carbocycles. The van der Waals surface area contributed by atoms with Gasteiger partial charge in [-0.05, 0) is 53.1 Å². The third-order valence-electron chi connectivity index (χ3n) is 4.43. The quantitative estimate of drug-likeness (QED) is 0.449. The lowest BCUT2D eigenvalue weighted by Gasteiger charge is -2.11. The Balaban J connectivity index is 1.78. The van der Waals surface area contributed by atoms with E-state index in [0.29, 0.717) is 26.7 Å². The fourth-order valence-corrected chi connectivity index (χ4v) is 4.84. The maximum absolute atomic E-state index is 13.1. The first-order valence-corrected chi connectivity index (χ1v) is 11.2. The first-order chi connectivity index (χ1) is 13.7. The van der Waals surface area contributed by atoms with Crippen LogP contribution in [0.4, 0.5) is 4.39 Å². The molecule has 3 aromatic carbocycles. The van der Waals surface area contributed by atoms with Gasteiger partial charge in [-0.15, -0.1) is 0 Å². The van der Waals surface area contributed by atoms with Gasteiger partial charge >= 0.3 is 0 Å². The van der Waals surface area contributed by atoms with E-state index in [-0.39, 0.29) is 29.3 Å². The zero-order valence-corrected chi connectivity index (χ0v) is 17.6. The summed E-state index contributed by atoms with van der Waals surface area (Å²) in [6.45, 7) is 0. The van der Waals surface area contributed by atoms with E-state index in [1.165, 1.54) is 12.1 Å². The van der Waals surface area contributed by atoms with Gasteiger partial charge in [-0.3, -0.25) is 4.79 Å². The number of carbonyl (C=O) groups excluding carboxylic acids is 1. The van der Waals surface area contributed by atoms with E-state index in [1.54, 1.807) is 42.5 Å². The van der Waals surface area contributed by atoms with Crippen LogP contribution in [-0.2, 0) is 33.2 Å². The van der Waals surface area contributed by atoms with Gasteiger partial charge in [0.15, 0.2) is 9.84 Å². The summed E-state index contributed by atoms with van der Waals surface area (Å²) in [5.74, 6) is -0.874. The lowest BCUT2D eigenvalue weighted by Crippen LogP contribution is -2.11. The Hall–Kier alpha value is -2.21. The van der Waals surface area contributed by atoms with Crippen molar-refractivity contribution < 1.29 is 17.6 Å². The molecule has 0 N–H and O–H groups in total. The highest BCUT2D eigenvalue weighted by atomic mass is 35.5. The minimum absolute atomic E-state index is 0.0352. The maximum atomic E-state index is 13.1. The molecule has 150 valence electrons. The fourth-order valence-electron chi connectivity index (χ4n) is 2.95. The Morgan fingerprint density at radius 2 is 1.45 bits per heavy atom. The standard InChI is InChI=1S/C22H17Cl2FO3S/c23-18-6-5-16(22(24)13-18)12-20(26)11-15-3-1-2-4-17(15)14-29(27,28)21-9-7-19(25)8-10-21/h1-10,13H,11-12,14H2. The second-order valence-corrected chi connectivity index (χ2v) is 9.44. The molecule has 0 aliphatic rings. The second-order valence-electron chi connectivity index (χ2n) is 6.61. The van der Waals surface area contributed by atoms with E-state index in [4.69, 9.17) is 23.2 Å². The number of rotatable bonds is 7. The summed E-state index contributed by atoms with van der Waals surface area (Å²) in [6, 6.07) is 16.5. The molecule has 7 heteroatoms. The molecule has 0 saturated carbocycles. The number of sulfone groups is 1. The Kier molecular flexibility index (Phi) is 6.73. The first-order valence-electron chi connectivity index (χ1n) is 8.75. The SMILES string of the molecule is O=C(Cc1ccc(Cl)cc1Cl)Cc1ccccc1CS(=O)(=O)c1ccc(F)cc1. The normalized spacial score (nSPS) is 11.4. The molecule has 0 bridgehead atoms. The van der Waals surface area contributed by atoms with Crippen LogP contribution in [0.25, 0.3) is 0 Å². The van der Waals surface area contributed by atoms with Crippen LogP contribution < -0.4 is 0 Å². The second kappa shape index (κ2) is 9.08. The molecular weight excluding hydrogens is 434 g/mol. The van der Waals surface area contributed by atoms with Crippen molar-refractivity contribution in [2.45, 2.75) is 23.5 Å². The summed E-state index contributed by atoms with van der Waals surface area (Å²) in [7, 11) is -3.67. The minimum Gasteiger partial charge on any atom is -0.299 e. The summed E-state index contributed by atoms with van der Waals surface area (Å²) in [4.78, 5) is 12.6. The van der Waals surface area contributed by atoms with E-state index in [0.717, 1.165) is 12.1 Å². The van der Waals surface area contributed by atoms with Crippen molar-refractivity contribution in [2.24, 2.45) is 0 Å². The molecule has 0 heterocycles. The number of carbonyl (C=O) groups is 1. The highest BCUT2D eigenvalue weighted by Gasteiger charge is 2.19. The van der Waals surface area contributed by atoms with Crippen molar-refractivity contribution >= 4 is 38.8 Å². The topological polar surface area (TPSA) is 51.2 Å². The van der Waals surface area contributed by atoms with Crippen LogP contribution in [0, 0.1) is 5.82 Å². The smallest absolute Gasteiger partial charge is 0.182 e. The Morgan fingerprint density at radius 3 is 2.10 bits per heavy atom. The summed E-state index contributed by atoms with van der Waals surface area (Å²) in [5, 5.41) is 0.903. The van der Waals surface area contributed by atoms with Crippen molar-refractivity contribution in [3.8, 4) is 0 Å². The summed E-state index contributed by atoms with van der Waals surface area (Å²) in [6.07, 6.45) is 0.198. The van der Waals surface area contributed by atoms with E-state index in [2.05, 4.69) is 0 Å². The third-order valence-corrected chi connectivity index (χ3v) is 6.70. The number of halogens is 3. The Labute approximate surface area is 179 Å². The largest absolute Gasteiger partial charge is 0.299 e. The summed E-state index contributed by atoms with van der Waals surface area (Å²) >= 11 is 12.0. The van der Waals surface area contributed by atoms with Gasteiger partial charge in [0.1, 0.15) is 11.6 Å². The van der Waals surface area contributed by atoms with Crippen LogP contribution in [-0.4, -0.2) is 14.2 Å². The predicted octanol–water partition coefficient (Wildman–Crippen LogP) is 5.46. The predicted molar refractivity (Wildman–Crippen MR) is 113 cm³/mol. The molecule has 0 atom stereocenters. The summed E-state index contributed by atoms with van der Waals surface area (Å²) in [5.41, 5.74) is 1.83. The lowest BCUT2D eigenvalue weighted by molar-refractivity contribution is -0.117. The van der Waals surface area contributed by atoms with Gasteiger partial charge in [-0.25, -0.2) is 12.8 Å². The van der Waals surface area contributed by atoms with Crippen molar-refractivity contribution in [1.82, 2.24) is 0 Å². The molecule has 0 unspecified atom stereocenters. The zero-order chi connectivity index (χ0) is 21.0. The van der Waals surface area contributed by atoms with Crippen molar-refractivity contribution in [1.29, 1.82) is 0 Å². The van der Waals surface area contributed by atoms with E-state index in [1.807, 2.05) is 0 Å². The molecule has 0 amide bonds. The molecule has 3 nitrogen and oxygen atoms in total. The first kappa shape index (κ1) is 21.5. The molecule has 29 heavy (non-hydrogen) atoms. The molecule has 0 spiro atoms. The van der Waals surface area contributed by atoms with Gasteiger partial charge in [-0.1, -0.05) is 53.5 Å². The average molecular weight is 451 g/mol. The summed E-state index contributed by atoms with van der Waals surface area (Å²) < 4.78 is 38.5. The van der Waals surface area contributed by atoms with E-state index < -0.39 is 15.7 Å². The lowest BCUT2D eigenvalue weighted by atomic mass is 9.99. The van der Waals surface area contributed by atoms with Crippen LogP contribution >= 0.6 is 23.2 Å².